The van der Waals surface area contributed by atoms with Gasteiger partial charge in [0.05, 0.1) is 12.2 Å². The number of rotatable bonds is 4. The van der Waals surface area contributed by atoms with Gasteiger partial charge in [0, 0.05) is 11.8 Å². The van der Waals surface area contributed by atoms with Crippen LogP contribution in [-0.2, 0) is 4.79 Å². The fourth-order valence-corrected chi connectivity index (χ4v) is 4.04. The SMILES string of the molecule is CCCC1NC(CC)N(C2CCCSC2)C1=O. The molecule has 0 aromatic rings. The van der Waals surface area contributed by atoms with Crippen molar-refractivity contribution in [3.63, 3.8) is 0 Å². The van der Waals surface area contributed by atoms with Gasteiger partial charge < -0.3 is 4.90 Å². The first-order chi connectivity index (χ1) is 8.27. The molecule has 0 aromatic carbocycles. The molecule has 2 saturated heterocycles. The molecule has 1 N–H and O–H groups in total. The van der Waals surface area contributed by atoms with Crippen LogP contribution in [0.3, 0.4) is 0 Å². The lowest BCUT2D eigenvalue weighted by Crippen LogP contribution is -2.46. The van der Waals surface area contributed by atoms with E-state index in [1.54, 1.807) is 0 Å². The van der Waals surface area contributed by atoms with Crippen molar-refractivity contribution in [1.29, 1.82) is 0 Å². The molecule has 2 fully saturated rings. The zero-order valence-electron chi connectivity index (χ0n) is 10.9. The Hall–Kier alpha value is -0.220. The number of amides is 1. The number of carbonyl (C=O) groups is 1. The van der Waals surface area contributed by atoms with Crippen LogP contribution in [0.1, 0.15) is 46.0 Å². The molecular formula is C13H24N2OS. The highest BCUT2D eigenvalue weighted by Gasteiger charge is 2.41. The van der Waals surface area contributed by atoms with Gasteiger partial charge in [-0.25, -0.2) is 0 Å². The van der Waals surface area contributed by atoms with Crippen molar-refractivity contribution in [3.8, 4) is 0 Å². The summed E-state index contributed by atoms with van der Waals surface area (Å²) in [6.07, 6.45) is 5.80. The molecule has 0 spiro atoms. The molecule has 17 heavy (non-hydrogen) atoms. The smallest absolute Gasteiger partial charge is 0.241 e. The molecule has 98 valence electrons. The first-order valence-corrected chi connectivity index (χ1v) is 8.09. The van der Waals surface area contributed by atoms with E-state index < -0.39 is 0 Å². The Balaban J connectivity index is 2.04. The maximum atomic E-state index is 12.4. The van der Waals surface area contributed by atoms with Crippen LogP contribution in [0.15, 0.2) is 0 Å². The van der Waals surface area contributed by atoms with Crippen molar-refractivity contribution in [1.82, 2.24) is 10.2 Å². The Morgan fingerprint density at radius 3 is 2.88 bits per heavy atom. The van der Waals surface area contributed by atoms with E-state index in [1.807, 2.05) is 11.8 Å². The average molecular weight is 256 g/mol. The summed E-state index contributed by atoms with van der Waals surface area (Å²) in [7, 11) is 0. The summed E-state index contributed by atoms with van der Waals surface area (Å²) in [5.41, 5.74) is 0. The van der Waals surface area contributed by atoms with Gasteiger partial charge in [0.15, 0.2) is 0 Å². The van der Waals surface area contributed by atoms with Crippen LogP contribution in [-0.4, -0.2) is 40.6 Å². The molecule has 2 aliphatic rings. The van der Waals surface area contributed by atoms with E-state index in [0.717, 1.165) is 25.0 Å². The molecule has 0 radical (unpaired) electrons. The number of carbonyl (C=O) groups excluding carboxylic acids is 1. The van der Waals surface area contributed by atoms with Crippen LogP contribution < -0.4 is 5.32 Å². The topological polar surface area (TPSA) is 32.3 Å². The molecule has 3 nitrogen and oxygen atoms in total. The fourth-order valence-electron chi connectivity index (χ4n) is 2.90. The second kappa shape index (κ2) is 6.10. The third-order valence-corrected chi connectivity index (χ3v) is 4.97. The number of hydrogen-bond donors (Lipinski definition) is 1. The van der Waals surface area contributed by atoms with Gasteiger partial charge in [-0.3, -0.25) is 10.1 Å². The van der Waals surface area contributed by atoms with Gasteiger partial charge in [0.25, 0.3) is 0 Å². The summed E-state index contributed by atoms with van der Waals surface area (Å²) in [5, 5.41) is 3.51. The predicted octanol–water partition coefficient (Wildman–Crippen LogP) is 2.22. The zero-order valence-corrected chi connectivity index (χ0v) is 11.8. The molecular weight excluding hydrogens is 232 g/mol. The Morgan fingerprint density at radius 2 is 2.29 bits per heavy atom. The molecule has 1 amide bonds. The lowest BCUT2D eigenvalue weighted by Gasteiger charge is -2.34. The molecule has 0 aliphatic carbocycles. The predicted molar refractivity (Wildman–Crippen MR) is 73.1 cm³/mol. The van der Waals surface area contributed by atoms with E-state index >= 15 is 0 Å². The molecule has 0 saturated carbocycles. The first kappa shape index (κ1) is 13.2. The summed E-state index contributed by atoms with van der Waals surface area (Å²) >= 11 is 2.00. The van der Waals surface area contributed by atoms with Crippen molar-refractivity contribution in [3.05, 3.63) is 0 Å². The Bertz CT molecular complexity index is 266. The summed E-state index contributed by atoms with van der Waals surface area (Å²) in [5.74, 6) is 2.75. The molecule has 3 atom stereocenters. The molecule has 0 aromatic heterocycles. The van der Waals surface area contributed by atoms with Crippen molar-refractivity contribution in [2.24, 2.45) is 0 Å². The summed E-state index contributed by atoms with van der Waals surface area (Å²) in [4.78, 5) is 14.6. The molecule has 2 heterocycles. The van der Waals surface area contributed by atoms with Crippen molar-refractivity contribution < 1.29 is 4.79 Å². The monoisotopic (exact) mass is 256 g/mol. The second-order valence-electron chi connectivity index (χ2n) is 5.05. The summed E-state index contributed by atoms with van der Waals surface area (Å²) in [6, 6.07) is 0.553. The number of nitrogens with one attached hydrogen (secondary N) is 1. The van der Waals surface area contributed by atoms with E-state index in [0.29, 0.717) is 11.9 Å². The van der Waals surface area contributed by atoms with Gasteiger partial charge >= 0.3 is 0 Å². The summed E-state index contributed by atoms with van der Waals surface area (Å²) in [6.45, 7) is 4.32. The van der Waals surface area contributed by atoms with Crippen molar-refractivity contribution in [2.45, 2.75) is 64.2 Å². The standard InChI is InChI=1S/C13H24N2OS/c1-3-6-11-13(16)15(12(4-2)14-11)10-7-5-8-17-9-10/h10-12,14H,3-9H2,1-2H3. The van der Waals surface area contributed by atoms with E-state index in [4.69, 9.17) is 0 Å². The highest BCUT2D eigenvalue weighted by atomic mass is 32.2. The minimum atomic E-state index is 0.0804. The highest BCUT2D eigenvalue weighted by molar-refractivity contribution is 7.99. The Kier molecular flexibility index (Phi) is 4.74. The Morgan fingerprint density at radius 1 is 1.47 bits per heavy atom. The largest absolute Gasteiger partial charge is 0.322 e. The van der Waals surface area contributed by atoms with Gasteiger partial charge in [-0.1, -0.05) is 20.3 Å². The van der Waals surface area contributed by atoms with Crippen LogP contribution in [0, 0.1) is 0 Å². The van der Waals surface area contributed by atoms with Crippen LogP contribution in [0.25, 0.3) is 0 Å². The van der Waals surface area contributed by atoms with Gasteiger partial charge in [-0.2, -0.15) is 11.8 Å². The fraction of sp³-hybridized carbons (Fsp3) is 0.923. The summed E-state index contributed by atoms with van der Waals surface area (Å²) < 4.78 is 0. The van der Waals surface area contributed by atoms with Crippen LogP contribution in [0.5, 0.6) is 0 Å². The lowest BCUT2D eigenvalue weighted by molar-refractivity contribution is -0.132. The highest BCUT2D eigenvalue weighted by Crippen LogP contribution is 2.27. The van der Waals surface area contributed by atoms with Gasteiger partial charge in [-0.05, 0) is 31.4 Å². The second-order valence-corrected chi connectivity index (χ2v) is 6.20. The first-order valence-electron chi connectivity index (χ1n) is 6.93. The minimum Gasteiger partial charge on any atom is -0.322 e. The third-order valence-electron chi connectivity index (χ3n) is 3.78. The van der Waals surface area contributed by atoms with Crippen molar-refractivity contribution >= 4 is 17.7 Å². The van der Waals surface area contributed by atoms with E-state index in [2.05, 4.69) is 24.1 Å². The number of nitrogens with zero attached hydrogens (tertiary/aromatic N) is 1. The molecule has 4 heteroatoms. The quantitative estimate of drug-likeness (QED) is 0.837. The van der Waals surface area contributed by atoms with E-state index in [1.165, 1.54) is 18.6 Å². The van der Waals surface area contributed by atoms with Gasteiger partial charge in [0.2, 0.25) is 5.91 Å². The van der Waals surface area contributed by atoms with Crippen LogP contribution >= 0.6 is 11.8 Å². The third kappa shape index (κ3) is 2.79. The van der Waals surface area contributed by atoms with Gasteiger partial charge in [-0.15, -0.1) is 0 Å². The van der Waals surface area contributed by atoms with E-state index in [9.17, 15) is 4.79 Å². The average Bonchev–Trinajstić information content (AvgIpc) is 2.68. The maximum Gasteiger partial charge on any atom is 0.241 e. The van der Waals surface area contributed by atoms with E-state index in [-0.39, 0.29) is 12.2 Å². The lowest BCUT2D eigenvalue weighted by atomic mass is 10.1. The van der Waals surface area contributed by atoms with Crippen molar-refractivity contribution in [2.75, 3.05) is 11.5 Å². The number of thioether (sulfide) groups is 1. The normalized spacial score (nSPS) is 34.4. The zero-order chi connectivity index (χ0) is 12.3. The molecule has 3 unspecified atom stereocenters. The number of hydrogen-bond acceptors (Lipinski definition) is 3. The molecule has 2 rings (SSSR count). The van der Waals surface area contributed by atoms with Crippen LogP contribution in [0.4, 0.5) is 0 Å². The Labute approximate surface area is 109 Å². The van der Waals surface area contributed by atoms with Gasteiger partial charge in [0.1, 0.15) is 0 Å². The maximum absolute atomic E-state index is 12.4. The molecule has 0 bridgehead atoms. The minimum absolute atomic E-state index is 0.0804. The van der Waals surface area contributed by atoms with Crippen LogP contribution in [0.2, 0.25) is 0 Å². The molecule has 2 aliphatic heterocycles.